The molecule has 0 N–H and O–H groups in total. The van der Waals surface area contributed by atoms with Crippen molar-refractivity contribution >= 4 is 7.75 Å². The van der Waals surface area contributed by atoms with Crippen LogP contribution in [0.3, 0.4) is 0 Å². The minimum absolute atomic E-state index is 0.0911. The second-order valence-corrected chi connectivity index (χ2v) is 7.79. The van der Waals surface area contributed by atoms with E-state index in [-0.39, 0.29) is 6.04 Å². The van der Waals surface area contributed by atoms with Crippen LogP contribution in [-0.2, 0) is 20.2 Å². The Morgan fingerprint density at radius 1 is 1.37 bits per heavy atom. The monoisotopic (exact) mass is 283 g/mol. The third-order valence-corrected chi connectivity index (χ3v) is 5.30. The van der Waals surface area contributed by atoms with Crippen molar-refractivity contribution in [2.75, 3.05) is 6.61 Å². The molecule has 0 bridgehead atoms. The summed E-state index contributed by atoms with van der Waals surface area (Å²) in [6.45, 7) is 8.70. The van der Waals surface area contributed by atoms with Gasteiger partial charge in [0.2, 0.25) is 0 Å². The van der Waals surface area contributed by atoms with Crippen molar-refractivity contribution in [1.82, 2.24) is 4.67 Å². The molecule has 0 radical (unpaired) electrons. The van der Waals surface area contributed by atoms with Crippen molar-refractivity contribution in [2.45, 2.75) is 45.9 Å². The molecule has 4 nitrogen and oxygen atoms in total. The van der Waals surface area contributed by atoms with E-state index in [1.807, 2.05) is 62.7 Å². The summed E-state index contributed by atoms with van der Waals surface area (Å²) in [6.07, 6.45) is 0. The maximum Gasteiger partial charge on any atom is 0.409 e. The Bertz CT molecular complexity index is 469. The van der Waals surface area contributed by atoms with E-state index in [1.165, 1.54) is 0 Å². The Hall–Kier alpha value is -0.670. The topological polar surface area (TPSA) is 38.8 Å². The molecular weight excluding hydrogens is 261 g/mol. The second-order valence-electron chi connectivity index (χ2n) is 5.90. The maximum atomic E-state index is 12.9. The lowest BCUT2D eigenvalue weighted by atomic mass is 10.2. The minimum Gasteiger partial charge on any atom is -0.295 e. The van der Waals surface area contributed by atoms with Crippen molar-refractivity contribution in [3.63, 3.8) is 0 Å². The van der Waals surface area contributed by atoms with E-state index in [0.717, 1.165) is 5.56 Å². The Balaban J connectivity index is 2.18. The standard InChI is InChI=1S/C14H22NO3P/c1-12-11-17-19(16,18-14(2,3)4)15(12)10-13-8-6-5-7-9-13/h5-9,12H,10-11H2,1-4H3. The van der Waals surface area contributed by atoms with Crippen molar-refractivity contribution in [3.8, 4) is 0 Å². The molecule has 2 unspecified atom stereocenters. The molecular formula is C14H22NO3P. The van der Waals surface area contributed by atoms with E-state index >= 15 is 0 Å². The van der Waals surface area contributed by atoms with Crippen LogP contribution >= 0.6 is 7.75 Å². The van der Waals surface area contributed by atoms with Crippen LogP contribution in [-0.4, -0.2) is 22.9 Å². The fourth-order valence-corrected chi connectivity index (χ4v) is 4.33. The summed E-state index contributed by atoms with van der Waals surface area (Å²) in [5, 5.41) is 0. The Labute approximate surface area is 115 Å². The number of nitrogens with zero attached hydrogens (tertiary/aromatic N) is 1. The Morgan fingerprint density at radius 2 is 2.00 bits per heavy atom. The van der Waals surface area contributed by atoms with E-state index in [2.05, 4.69) is 0 Å². The lowest BCUT2D eigenvalue weighted by Gasteiger charge is -2.30. The van der Waals surface area contributed by atoms with Crippen molar-refractivity contribution in [2.24, 2.45) is 0 Å². The van der Waals surface area contributed by atoms with Crippen LogP contribution in [0.25, 0.3) is 0 Å². The van der Waals surface area contributed by atoms with Crippen molar-refractivity contribution in [1.29, 1.82) is 0 Å². The fraction of sp³-hybridized carbons (Fsp3) is 0.571. The molecule has 1 aromatic carbocycles. The van der Waals surface area contributed by atoms with Crippen LogP contribution in [0, 0.1) is 0 Å². The zero-order valence-electron chi connectivity index (χ0n) is 12.0. The van der Waals surface area contributed by atoms with Crippen molar-refractivity contribution < 1.29 is 13.6 Å². The summed E-state index contributed by atoms with van der Waals surface area (Å²) in [4.78, 5) is 0. The smallest absolute Gasteiger partial charge is 0.295 e. The minimum atomic E-state index is -3.19. The molecule has 5 heteroatoms. The first-order valence-corrected chi connectivity index (χ1v) is 8.06. The summed E-state index contributed by atoms with van der Waals surface area (Å²) in [5.74, 6) is 0. The van der Waals surface area contributed by atoms with Gasteiger partial charge in [-0.25, -0.2) is 4.57 Å². The molecule has 0 spiro atoms. The molecule has 1 saturated heterocycles. The van der Waals surface area contributed by atoms with Crippen LogP contribution in [0.2, 0.25) is 0 Å². The molecule has 1 aliphatic rings. The molecule has 1 aromatic rings. The highest BCUT2D eigenvalue weighted by molar-refractivity contribution is 7.51. The normalized spacial score (nSPS) is 28.7. The quantitative estimate of drug-likeness (QED) is 0.790. The maximum absolute atomic E-state index is 12.9. The zero-order valence-corrected chi connectivity index (χ0v) is 12.9. The van der Waals surface area contributed by atoms with Gasteiger partial charge in [0.15, 0.2) is 0 Å². The second kappa shape index (κ2) is 5.37. The lowest BCUT2D eigenvalue weighted by Crippen LogP contribution is -2.28. The summed E-state index contributed by atoms with van der Waals surface area (Å²) in [7, 11) is -3.19. The predicted molar refractivity (Wildman–Crippen MR) is 75.8 cm³/mol. The summed E-state index contributed by atoms with van der Waals surface area (Å²) in [6, 6.07) is 10.1. The third-order valence-electron chi connectivity index (χ3n) is 2.88. The average Bonchev–Trinajstić information content (AvgIpc) is 2.56. The molecule has 1 fully saturated rings. The van der Waals surface area contributed by atoms with Gasteiger partial charge >= 0.3 is 7.75 Å². The molecule has 1 aliphatic heterocycles. The fourth-order valence-electron chi connectivity index (χ4n) is 2.04. The van der Waals surface area contributed by atoms with Gasteiger partial charge < -0.3 is 0 Å². The first-order valence-electron chi connectivity index (χ1n) is 6.56. The largest absolute Gasteiger partial charge is 0.409 e. The number of benzene rings is 1. The molecule has 0 saturated carbocycles. The van der Waals surface area contributed by atoms with Crippen LogP contribution in [0.1, 0.15) is 33.3 Å². The van der Waals surface area contributed by atoms with Gasteiger partial charge in [-0.2, -0.15) is 4.67 Å². The number of hydrogen-bond donors (Lipinski definition) is 0. The molecule has 0 aromatic heterocycles. The van der Waals surface area contributed by atoms with Crippen LogP contribution in [0.5, 0.6) is 0 Å². The molecule has 1 heterocycles. The zero-order chi connectivity index (χ0) is 14.1. The Morgan fingerprint density at radius 3 is 2.58 bits per heavy atom. The molecule has 19 heavy (non-hydrogen) atoms. The predicted octanol–water partition coefficient (Wildman–Crippen LogP) is 3.83. The third kappa shape index (κ3) is 3.67. The van der Waals surface area contributed by atoms with E-state index < -0.39 is 13.3 Å². The highest BCUT2D eigenvalue weighted by Crippen LogP contribution is 2.60. The lowest BCUT2D eigenvalue weighted by molar-refractivity contribution is 0.0909. The van der Waals surface area contributed by atoms with Gasteiger partial charge in [0, 0.05) is 12.6 Å². The first kappa shape index (κ1) is 14.7. The molecule has 106 valence electrons. The average molecular weight is 283 g/mol. The summed E-state index contributed by atoms with van der Waals surface area (Å²) >= 11 is 0. The van der Waals surface area contributed by atoms with Gasteiger partial charge in [-0.15, -0.1) is 0 Å². The summed E-state index contributed by atoms with van der Waals surface area (Å²) in [5.41, 5.74) is 0.617. The number of rotatable bonds is 3. The summed E-state index contributed by atoms with van der Waals surface area (Å²) < 4.78 is 25.9. The van der Waals surface area contributed by atoms with Crippen LogP contribution in [0.4, 0.5) is 0 Å². The first-order chi connectivity index (χ1) is 8.80. The molecule has 2 atom stereocenters. The van der Waals surface area contributed by atoms with Crippen molar-refractivity contribution in [3.05, 3.63) is 35.9 Å². The highest BCUT2D eigenvalue weighted by atomic mass is 31.2. The van der Waals surface area contributed by atoms with Gasteiger partial charge in [0.05, 0.1) is 12.2 Å². The van der Waals surface area contributed by atoms with Gasteiger partial charge in [-0.05, 0) is 33.3 Å². The van der Waals surface area contributed by atoms with E-state index in [9.17, 15) is 4.57 Å². The van der Waals surface area contributed by atoms with Gasteiger partial charge in [-0.3, -0.25) is 9.05 Å². The van der Waals surface area contributed by atoms with E-state index in [4.69, 9.17) is 9.05 Å². The molecule has 0 amide bonds. The van der Waals surface area contributed by atoms with E-state index in [1.54, 1.807) is 0 Å². The van der Waals surface area contributed by atoms with Gasteiger partial charge in [0.1, 0.15) is 0 Å². The SMILES string of the molecule is CC1COP(=O)(OC(C)(C)C)N1Cc1ccccc1. The highest BCUT2D eigenvalue weighted by Gasteiger charge is 2.45. The van der Waals surface area contributed by atoms with E-state index in [0.29, 0.717) is 13.2 Å². The van der Waals surface area contributed by atoms with Gasteiger partial charge in [0.25, 0.3) is 0 Å². The Kier molecular flexibility index (Phi) is 4.17. The number of hydrogen-bond acceptors (Lipinski definition) is 3. The van der Waals surface area contributed by atoms with Crippen LogP contribution < -0.4 is 0 Å². The molecule has 2 rings (SSSR count). The van der Waals surface area contributed by atoms with Gasteiger partial charge in [-0.1, -0.05) is 30.3 Å². The molecule has 0 aliphatic carbocycles. The van der Waals surface area contributed by atoms with Crippen LogP contribution in [0.15, 0.2) is 30.3 Å².